The van der Waals surface area contributed by atoms with Gasteiger partial charge in [-0.1, -0.05) is 64.5 Å². The lowest BCUT2D eigenvalue weighted by molar-refractivity contribution is 1.12. The minimum absolute atomic E-state index is 0.136. The fourth-order valence-electron chi connectivity index (χ4n) is 2.73. The summed E-state index contributed by atoms with van der Waals surface area (Å²) < 4.78 is 1.12. The van der Waals surface area contributed by atoms with Gasteiger partial charge in [-0.25, -0.2) is 0 Å². The van der Waals surface area contributed by atoms with Gasteiger partial charge in [-0.05, 0) is 52.9 Å². The second-order valence-corrected chi connectivity index (χ2v) is 6.68. The molecule has 0 aliphatic heterocycles. The smallest absolute Gasteiger partial charge is 0.0844 e. The topological polar surface area (TPSA) is 0 Å². The zero-order chi connectivity index (χ0) is 15.0. The number of benzene rings is 3. The van der Waals surface area contributed by atoms with Crippen LogP contribution in [0.25, 0.3) is 10.8 Å². The molecule has 0 aliphatic rings. The van der Waals surface area contributed by atoms with Crippen LogP contribution in [0.2, 0.25) is 0 Å². The average Bonchev–Trinajstić information content (AvgIpc) is 2.49. The molecule has 0 aromatic heterocycles. The summed E-state index contributed by atoms with van der Waals surface area (Å²) in [5.41, 5.74) is 4.78. The number of hydrogen-bond donors (Lipinski definition) is 0. The molecule has 106 valence electrons. The van der Waals surface area contributed by atoms with Crippen molar-refractivity contribution in [3.05, 3.63) is 81.3 Å². The molecule has 0 heterocycles. The van der Waals surface area contributed by atoms with Crippen LogP contribution in [0.5, 0.6) is 0 Å². The van der Waals surface area contributed by atoms with Gasteiger partial charge in [0, 0.05) is 4.47 Å². The minimum Gasteiger partial charge on any atom is -0.113 e. The van der Waals surface area contributed by atoms with E-state index in [9.17, 15) is 0 Å². The molecular formula is C19H16BrCl. The molecule has 0 N–H and O–H groups in total. The molecule has 0 spiro atoms. The molecule has 2 heteroatoms. The lowest BCUT2D eigenvalue weighted by atomic mass is 9.93. The van der Waals surface area contributed by atoms with Crippen molar-refractivity contribution < 1.29 is 0 Å². The molecule has 0 saturated heterocycles. The van der Waals surface area contributed by atoms with Crippen molar-refractivity contribution in [2.24, 2.45) is 0 Å². The van der Waals surface area contributed by atoms with E-state index >= 15 is 0 Å². The second kappa shape index (κ2) is 5.82. The molecule has 0 fully saturated rings. The van der Waals surface area contributed by atoms with E-state index in [4.69, 9.17) is 11.6 Å². The largest absolute Gasteiger partial charge is 0.113 e. The van der Waals surface area contributed by atoms with Crippen molar-refractivity contribution >= 4 is 38.3 Å². The van der Waals surface area contributed by atoms with Gasteiger partial charge in [0.15, 0.2) is 0 Å². The molecule has 0 aliphatic carbocycles. The third-order valence-corrected chi connectivity index (χ3v) is 5.28. The molecule has 1 atom stereocenters. The van der Waals surface area contributed by atoms with E-state index in [1.165, 1.54) is 27.5 Å². The summed E-state index contributed by atoms with van der Waals surface area (Å²) in [6.45, 7) is 4.22. The summed E-state index contributed by atoms with van der Waals surface area (Å²) in [6, 6.07) is 19.0. The van der Waals surface area contributed by atoms with Crippen LogP contribution in [0.4, 0.5) is 0 Å². The Hall–Kier alpha value is -1.31. The van der Waals surface area contributed by atoms with Crippen LogP contribution in [0.1, 0.15) is 27.6 Å². The zero-order valence-electron chi connectivity index (χ0n) is 12.0. The zero-order valence-corrected chi connectivity index (χ0v) is 14.4. The maximum absolute atomic E-state index is 6.82. The first kappa shape index (κ1) is 14.6. The Morgan fingerprint density at radius 2 is 1.67 bits per heavy atom. The van der Waals surface area contributed by atoms with Crippen molar-refractivity contribution in [1.82, 2.24) is 0 Å². The van der Waals surface area contributed by atoms with Crippen LogP contribution in [0, 0.1) is 13.8 Å². The lowest BCUT2D eigenvalue weighted by Gasteiger charge is -2.17. The van der Waals surface area contributed by atoms with Crippen molar-refractivity contribution in [1.29, 1.82) is 0 Å². The summed E-state index contributed by atoms with van der Waals surface area (Å²) in [5.74, 6) is 0. The molecule has 21 heavy (non-hydrogen) atoms. The fourth-order valence-corrected chi connectivity index (χ4v) is 3.41. The molecule has 3 rings (SSSR count). The standard InChI is InChI=1S/C19H16BrCl/c1-12-7-8-14-5-3-4-6-16(14)18(12)19(21)15-9-10-17(20)13(2)11-15/h3-11,19H,1-2H3. The molecule has 3 aromatic carbocycles. The highest BCUT2D eigenvalue weighted by atomic mass is 79.9. The van der Waals surface area contributed by atoms with Crippen molar-refractivity contribution in [3.63, 3.8) is 0 Å². The highest BCUT2D eigenvalue weighted by Crippen LogP contribution is 2.37. The minimum atomic E-state index is -0.136. The maximum atomic E-state index is 6.82. The first-order chi connectivity index (χ1) is 10.1. The predicted molar refractivity (Wildman–Crippen MR) is 95.3 cm³/mol. The van der Waals surface area contributed by atoms with E-state index in [-0.39, 0.29) is 5.38 Å². The highest BCUT2D eigenvalue weighted by molar-refractivity contribution is 9.10. The monoisotopic (exact) mass is 358 g/mol. The number of fused-ring (bicyclic) bond motifs is 1. The van der Waals surface area contributed by atoms with E-state index in [0.717, 1.165) is 10.0 Å². The third kappa shape index (κ3) is 2.73. The number of halogens is 2. The summed E-state index contributed by atoms with van der Waals surface area (Å²) in [4.78, 5) is 0. The van der Waals surface area contributed by atoms with Crippen LogP contribution in [-0.2, 0) is 0 Å². The summed E-state index contributed by atoms with van der Waals surface area (Å²) in [6.07, 6.45) is 0. The predicted octanol–water partition coefficient (Wildman–Crippen LogP) is 6.55. The van der Waals surface area contributed by atoms with Gasteiger partial charge in [0.05, 0.1) is 5.38 Å². The molecule has 1 unspecified atom stereocenters. The first-order valence-corrected chi connectivity index (χ1v) is 8.19. The van der Waals surface area contributed by atoms with Gasteiger partial charge in [-0.2, -0.15) is 0 Å². The molecule has 0 bridgehead atoms. The number of aryl methyl sites for hydroxylation is 2. The second-order valence-electron chi connectivity index (χ2n) is 5.39. The number of hydrogen-bond acceptors (Lipinski definition) is 0. The first-order valence-electron chi connectivity index (χ1n) is 6.96. The van der Waals surface area contributed by atoms with Crippen LogP contribution in [-0.4, -0.2) is 0 Å². The van der Waals surface area contributed by atoms with Crippen LogP contribution in [0.15, 0.2) is 59.1 Å². The normalized spacial score (nSPS) is 12.6. The fraction of sp³-hybridized carbons (Fsp3) is 0.158. The van der Waals surface area contributed by atoms with Gasteiger partial charge in [0.25, 0.3) is 0 Å². The van der Waals surface area contributed by atoms with Crippen molar-refractivity contribution in [2.75, 3.05) is 0 Å². The molecule has 0 saturated carbocycles. The van der Waals surface area contributed by atoms with E-state index in [0.29, 0.717) is 0 Å². The Labute approximate surface area is 138 Å². The summed E-state index contributed by atoms with van der Waals surface area (Å²) in [7, 11) is 0. The van der Waals surface area contributed by atoms with E-state index in [1.807, 2.05) is 0 Å². The molecule has 3 aromatic rings. The maximum Gasteiger partial charge on any atom is 0.0844 e. The molecular weight excluding hydrogens is 344 g/mol. The van der Waals surface area contributed by atoms with E-state index in [1.54, 1.807) is 0 Å². The average molecular weight is 360 g/mol. The molecule has 0 radical (unpaired) electrons. The lowest BCUT2D eigenvalue weighted by Crippen LogP contribution is -1.98. The Morgan fingerprint density at radius 3 is 2.43 bits per heavy atom. The summed E-state index contributed by atoms with van der Waals surface area (Å²) >= 11 is 10.4. The number of alkyl halides is 1. The SMILES string of the molecule is Cc1cc(C(Cl)c2c(C)ccc3ccccc23)ccc1Br. The van der Waals surface area contributed by atoms with Crippen LogP contribution >= 0.6 is 27.5 Å². The van der Waals surface area contributed by atoms with Crippen LogP contribution in [0.3, 0.4) is 0 Å². The van der Waals surface area contributed by atoms with Crippen molar-refractivity contribution in [2.45, 2.75) is 19.2 Å². The Morgan fingerprint density at radius 1 is 0.905 bits per heavy atom. The quantitative estimate of drug-likeness (QED) is 0.455. The van der Waals surface area contributed by atoms with Crippen molar-refractivity contribution in [3.8, 4) is 0 Å². The van der Waals surface area contributed by atoms with Crippen LogP contribution < -0.4 is 0 Å². The molecule has 0 nitrogen and oxygen atoms in total. The highest BCUT2D eigenvalue weighted by Gasteiger charge is 2.16. The molecule has 0 amide bonds. The number of rotatable bonds is 2. The van der Waals surface area contributed by atoms with Gasteiger partial charge >= 0.3 is 0 Å². The van der Waals surface area contributed by atoms with Gasteiger partial charge in [0.1, 0.15) is 0 Å². The van der Waals surface area contributed by atoms with Gasteiger partial charge in [0.2, 0.25) is 0 Å². The van der Waals surface area contributed by atoms with Gasteiger partial charge in [-0.3, -0.25) is 0 Å². The third-order valence-electron chi connectivity index (χ3n) is 3.92. The summed E-state index contributed by atoms with van der Waals surface area (Å²) in [5, 5.41) is 2.33. The van der Waals surface area contributed by atoms with Gasteiger partial charge < -0.3 is 0 Å². The van der Waals surface area contributed by atoms with E-state index in [2.05, 4.69) is 84.4 Å². The Bertz CT molecular complexity index is 808. The van der Waals surface area contributed by atoms with Gasteiger partial charge in [-0.15, -0.1) is 11.6 Å². The Balaban J connectivity index is 2.19. The van der Waals surface area contributed by atoms with E-state index < -0.39 is 0 Å². The Kier molecular flexibility index (Phi) is 4.05.